The fourth-order valence-corrected chi connectivity index (χ4v) is 3.68. The van der Waals surface area contributed by atoms with E-state index in [1.165, 1.54) is 24.3 Å². The number of hydrogen-bond acceptors (Lipinski definition) is 3. The minimum Gasteiger partial charge on any atom is -0.458 e. The van der Waals surface area contributed by atoms with E-state index in [9.17, 15) is 22.4 Å². The number of carbonyl (C=O) groups is 1. The van der Waals surface area contributed by atoms with Crippen molar-refractivity contribution in [1.29, 1.82) is 0 Å². The molecule has 0 amide bonds. The highest BCUT2D eigenvalue weighted by molar-refractivity contribution is 5.72. The quantitative estimate of drug-likeness (QED) is 0.391. The Kier molecular flexibility index (Phi) is 7.00. The lowest BCUT2D eigenvalue weighted by atomic mass is 9.83. The van der Waals surface area contributed by atoms with Gasteiger partial charge in [-0.2, -0.15) is 17.6 Å². The number of ether oxygens (including phenoxy) is 2. The van der Waals surface area contributed by atoms with Crippen molar-refractivity contribution in [3.63, 3.8) is 0 Å². The van der Waals surface area contributed by atoms with E-state index in [0.29, 0.717) is 25.7 Å². The van der Waals surface area contributed by atoms with Crippen LogP contribution in [0.4, 0.5) is 17.6 Å². The van der Waals surface area contributed by atoms with Crippen LogP contribution in [0.3, 0.4) is 0 Å². The maximum absolute atomic E-state index is 14.4. The molecule has 2 aromatic carbocycles. The van der Waals surface area contributed by atoms with Crippen LogP contribution in [0.25, 0.3) is 0 Å². The van der Waals surface area contributed by atoms with Crippen molar-refractivity contribution >= 4 is 5.97 Å². The van der Waals surface area contributed by atoms with Crippen molar-refractivity contribution in [2.75, 3.05) is 0 Å². The Bertz CT molecular complexity index is 827. The van der Waals surface area contributed by atoms with E-state index in [-0.39, 0.29) is 17.2 Å². The second kappa shape index (κ2) is 9.49. The molecule has 0 radical (unpaired) electrons. The minimum atomic E-state index is -3.44. The summed E-state index contributed by atoms with van der Waals surface area (Å²) in [6, 6.07) is 12.5. The summed E-state index contributed by atoms with van der Waals surface area (Å²) in [7, 11) is 0. The van der Waals surface area contributed by atoms with Crippen molar-refractivity contribution in [3.05, 3.63) is 65.2 Å². The molecule has 0 aliphatic heterocycles. The van der Waals surface area contributed by atoms with Crippen LogP contribution in [0.2, 0.25) is 0 Å². The van der Waals surface area contributed by atoms with E-state index >= 15 is 0 Å². The van der Waals surface area contributed by atoms with Gasteiger partial charge in [-0.3, -0.25) is 0 Å². The summed E-state index contributed by atoms with van der Waals surface area (Å²) in [5.41, 5.74) is 1.72. The average molecular weight is 424 g/mol. The summed E-state index contributed by atoms with van der Waals surface area (Å²) >= 11 is 0. The van der Waals surface area contributed by atoms with Gasteiger partial charge in [-0.25, -0.2) is 4.79 Å². The molecule has 0 heterocycles. The monoisotopic (exact) mass is 424 g/mol. The van der Waals surface area contributed by atoms with Crippen LogP contribution in [-0.2, 0) is 22.1 Å². The number of halogens is 4. The summed E-state index contributed by atoms with van der Waals surface area (Å²) in [6.45, 7) is 1.95. The van der Waals surface area contributed by atoms with E-state index < -0.39 is 24.6 Å². The summed E-state index contributed by atoms with van der Waals surface area (Å²) in [5, 5.41) is 0. The fraction of sp³-hybridized carbons (Fsp3) is 0.435. The van der Waals surface area contributed by atoms with Crippen LogP contribution < -0.4 is 4.74 Å². The third-order valence-electron chi connectivity index (χ3n) is 5.43. The lowest BCUT2D eigenvalue weighted by Gasteiger charge is -2.28. The number of carbonyl (C=O) groups excluding carboxylic acids is 1. The topological polar surface area (TPSA) is 35.5 Å². The lowest BCUT2D eigenvalue weighted by Crippen LogP contribution is -2.26. The fourth-order valence-electron chi connectivity index (χ4n) is 3.68. The number of alkyl halides is 4. The Morgan fingerprint density at radius 1 is 1.00 bits per heavy atom. The second-order valence-electron chi connectivity index (χ2n) is 7.45. The van der Waals surface area contributed by atoms with E-state index in [2.05, 4.69) is 0 Å². The Balaban J connectivity index is 1.56. The molecule has 0 bridgehead atoms. The zero-order chi connectivity index (χ0) is 21.7. The molecule has 0 unspecified atom stereocenters. The maximum Gasteiger partial charge on any atom is 0.426 e. The summed E-state index contributed by atoms with van der Waals surface area (Å²) in [6.07, 6.45) is -3.96. The molecule has 3 nitrogen and oxygen atoms in total. The average Bonchev–Trinajstić information content (AvgIpc) is 2.74. The van der Waals surface area contributed by atoms with Gasteiger partial charge in [0.15, 0.2) is 0 Å². The SMILES string of the molecule is CCc1ccc(C(F)(F)Oc2ccc(C3CCC(OC(=O)C(F)F)CC3)cc2)cc1. The summed E-state index contributed by atoms with van der Waals surface area (Å²) in [5.74, 6) is -1.27. The van der Waals surface area contributed by atoms with Crippen LogP contribution in [-0.4, -0.2) is 18.5 Å². The Labute approximate surface area is 173 Å². The first-order valence-electron chi connectivity index (χ1n) is 10.0. The second-order valence-corrected chi connectivity index (χ2v) is 7.45. The molecule has 0 spiro atoms. The molecule has 1 saturated carbocycles. The molecule has 0 aromatic heterocycles. The molecule has 1 fully saturated rings. The van der Waals surface area contributed by atoms with E-state index in [1.54, 1.807) is 24.3 Å². The molecule has 2 aromatic rings. The van der Waals surface area contributed by atoms with Crippen molar-refractivity contribution < 1.29 is 31.8 Å². The van der Waals surface area contributed by atoms with Crippen molar-refractivity contribution in [2.45, 2.75) is 63.6 Å². The van der Waals surface area contributed by atoms with Crippen LogP contribution in [0.5, 0.6) is 5.75 Å². The number of esters is 1. The van der Waals surface area contributed by atoms with E-state index in [1.807, 2.05) is 6.92 Å². The highest BCUT2D eigenvalue weighted by Gasteiger charge is 2.34. The molecule has 0 N–H and O–H groups in total. The predicted molar refractivity (Wildman–Crippen MR) is 104 cm³/mol. The highest BCUT2D eigenvalue weighted by atomic mass is 19.3. The Morgan fingerprint density at radius 2 is 1.60 bits per heavy atom. The first-order chi connectivity index (χ1) is 14.3. The van der Waals surface area contributed by atoms with Crippen LogP contribution >= 0.6 is 0 Å². The van der Waals surface area contributed by atoms with Crippen molar-refractivity contribution in [2.24, 2.45) is 0 Å². The molecular formula is C23H24F4O3. The van der Waals surface area contributed by atoms with Gasteiger partial charge >= 0.3 is 18.5 Å². The third kappa shape index (κ3) is 5.52. The van der Waals surface area contributed by atoms with Gasteiger partial charge in [0.05, 0.1) is 5.56 Å². The maximum atomic E-state index is 14.4. The number of rotatable bonds is 7. The number of aryl methyl sites for hydroxylation is 1. The van der Waals surface area contributed by atoms with Gasteiger partial charge < -0.3 is 9.47 Å². The standard InChI is InChI=1S/C23H24F4O3/c1-2-15-3-9-18(10-4-15)23(26,27)30-20-13-7-17(8-14-20)16-5-11-19(12-6-16)29-22(28)21(24)25/h3-4,7-10,13-14,16,19,21H,2,5-6,11-12H2,1H3. The van der Waals surface area contributed by atoms with Gasteiger partial charge in [0.2, 0.25) is 0 Å². The van der Waals surface area contributed by atoms with Gasteiger partial charge in [-0.15, -0.1) is 0 Å². The number of benzene rings is 2. The van der Waals surface area contributed by atoms with Crippen molar-refractivity contribution in [3.8, 4) is 5.75 Å². The molecule has 0 saturated heterocycles. The molecule has 30 heavy (non-hydrogen) atoms. The first kappa shape index (κ1) is 22.1. The molecule has 7 heteroatoms. The van der Waals surface area contributed by atoms with Gasteiger partial charge in [0.1, 0.15) is 11.9 Å². The lowest BCUT2D eigenvalue weighted by molar-refractivity contribution is -0.185. The zero-order valence-corrected chi connectivity index (χ0v) is 16.6. The largest absolute Gasteiger partial charge is 0.458 e. The molecule has 0 atom stereocenters. The van der Waals surface area contributed by atoms with Crippen LogP contribution in [0.15, 0.2) is 48.5 Å². The highest BCUT2D eigenvalue weighted by Crippen LogP contribution is 2.36. The van der Waals surface area contributed by atoms with Gasteiger partial charge in [-0.05, 0) is 73.4 Å². The van der Waals surface area contributed by atoms with Crippen molar-refractivity contribution in [1.82, 2.24) is 0 Å². The zero-order valence-electron chi connectivity index (χ0n) is 16.6. The molecule has 3 rings (SSSR count). The Hall–Kier alpha value is -2.57. The van der Waals surface area contributed by atoms with E-state index in [0.717, 1.165) is 17.5 Å². The molecular weight excluding hydrogens is 400 g/mol. The summed E-state index contributed by atoms with van der Waals surface area (Å²) < 4.78 is 63.1. The summed E-state index contributed by atoms with van der Waals surface area (Å²) in [4.78, 5) is 11.0. The van der Waals surface area contributed by atoms with Crippen LogP contribution in [0.1, 0.15) is 55.2 Å². The molecule has 1 aliphatic carbocycles. The molecule has 162 valence electrons. The molecule has 1 aliphatic rings. The van der Waals surface area contributed by atoms with Gasteiger partial charge in [0, 0.05) is 0 Å². The van der Waals surface area contributed by atoms with Gasteiger partial charge in [-0.1, -0.05) is 31.2 Å². The number of hydrogen-bond donors (Lipinski definition) is 0. The van der Waals surface area contributed by atoms with E-state index in [4.69, 9.17) is 9.47 Å². The van der Waals surface area contributed by atoms with Crippen LogP contribution in [0, 0.1) is 0 Å². The third-order valence-corrected chi connectivity index (χ3v) is 5.43. The predicted octanol–water partition coefficient (Wildman–Crippen LogP) is 6.21. The normalized spacial score (nSPS) is 19.5. The van der Waals surface area contributed by atoms with Gasteiger partial charge in [0.25, 0.3) is 0 Å². The smallest absolute Gasteiger partial charge is 0.426 e. The minimum absolute atomic E-state index is 0.0582. The first-order valence-corrected chi connectivity index (χ1v) is 10.0. The Morgan fingerprint density at radius 3 is 2.13 bits per heavy atom.